The third-order valence-corrected chi connectivity index (χ3v) is 2.80. The second-order valence-electron chi connectivity index (χ2n) is 4.25. The molecule has 0 atom stereocenters. The first-order chi connectivity index (χ1) is 9.66. The Labute approximate surface area is 116 Å². The highest BCUT2D eigenvalue weighted by molar-refractivity contribution is 5.93. The minimum Gasteiger partial charge on any atom is -0.478 e. The van der Waals surface area contributed by atoms with Crippen LogP contribution in [0, 0.1) is 0 Å². The van der Waals surface area contributed by atoms with Crippen LogP contribution in [0.5, 0.6) is 0 Å². The fourth-order valence-electron chi connectivity index (χ4n) is 1.78. The molecule has 5 nitrogen and oxygen atoms in total. The molecular weight excluding hydrogens is 256 g/mol. The lowest BCUT2D eigenvalue weighted by Crippen LogP contribution is -2.25. The van der Waals surface area contributed by atoms with Crippen molar-refractivity contribution in [1.29, 1.82) is 0 Å². The van der Waals surface area contributed by atoms with Gasteiger partial charge in [-0.1, -0.05) is 12.1 Å². The molecule has 20 heavy (non-hydrogen) atoms. The van der Waals surface area contributed by atoms with Crippen molar-refractivity contribution in [3.05, 3.63) is 65.5 Å². The van der Waals surface area contributed by atoms with E-state index in [0.29, 0.717) is 18.5 Å². The number of hydrogen-bond acceptors (Lipinski definition) is 3. The number of hydrogen-bond donors (Lipinski definition) is 2. The number of aromatic carboxylic acids is 1. The molecule has 2 N–H and O–H groups in total. The summed E-state index contributed by atoms with van der Waals surface area (Å²) in [5.41, 5.74) is 1.63. The van der Waals surface area contributed by atoms with E-state index in [1.807, 2.05) is 6.07 Å². The number of aromatic nitrogens is 1. The zero-order valence-electron chi connectivity index (χ0n) is 10.7. The molecule has 0 aliphatic heterocycles. The van der Waals surface area contributed by atoms with Crippen LogP contribution in [0.2, 0.25) is 0 Å². The lowest BCUT2D eigenvalue weighted by Gasteiger charge is -2.05. The van der Waals surface area contributed by atoms with E-state index in [0.717, 1.165) is 5.56 Å². The maximum absolute atomic E-state index is 11.8. The second-order valence-corrected chi connectivity index (χ2v) is 4.25. The summed E-state index contributed by atoms with van der Waals surface area (Å²) in [6, 6.07) is 10.1. The molecule has 1 aromatic heterocycles. The summed E-state index contributed by atoms with van der Waals surface area (Å²) >= 11 is 0. The standard InChI is InChI=1S/C15H14N2O3/c18-14(13-5-2-7-16-10-13)17-8-6-11-3-1-4-12(9-11)15(19)20/h1-5,7,9-10H,6,8H2,(H,17,18)(H,19,20). The minimum atomic E-state index is -0.953. The average Bonchev–Trinajstić information content (AvgIpc) is 2.48. The summed E-state index contributed by atoms with van der Waals surface area (Å²) in [6.45, 7) is 0.441. The molecule has 2 rings (SSSR count). The van der Waals surface area contributed by atoms with Gasteiger partial charge < -0.3 is 10.4 Å². The first-order valence-corrected chi connectivity index (χ1v) is 6.17. The van der Waals surface area contributed by atoms with Crippen molar-refractivity contribution in [1.82, 2.24) is 10.3 Å². The Balaban J connectivity index is 1.89. The van der Waals surface area contributed by atoms with Gasteiger partial charge in [0.15, 0.2) is 0 Å². The Bertz CT molecular complexity index is 612. The molecule has 2 aromatic rings. The Morgan fingerprint density at radius 2 is 1.95 bits per heavy atom. The van der Waals surface area contributed by atoms with Crippen molar-refractivity contribution >= 4 is 11.9 Å². The average molecular weight is 270 g/mol. The van der Waals surface area contributed by atoms with Gasteiger partial charge in [0.2, 0.25) is 0 Å². The molecule has 1 aromatic carbocycles. The van der Waals surface area contributed by atoms with Gasteiger partial charge in [-0.3, -0.25) is 9.78 Å². The van der Waals surface area contributed by atoms with Crippen molar-refractivity contribution in [3.63, 3.8) is 0 Å². The number of nitrogens with zero attached hydrogens (tertiary/aromatic N) is 1. The van der Waals surface area contributed by atoms with E-state index in [2.05, 4.69) is 10.3 Å². The SMILES string of the molecule is O=C(O)c1cccc(CCNC(=O)c2cccnc2)c1. The van der Waals surface area contributed by atoms with E-state index in [9.17, 15) is 9.59 Å². The smallest absolute Gasteiger partial charge is 0.335 e. The van der Waals surface area contributed by atoms with E-state index < -0.39 is 5.97 Å². The number of carbonyl (C=O) groups is 2. The fraction of sp³-hybridized carbons (Fsp3) is 0.133. The maximum Gasteiger partial charge on any atom is 0.335 e. The maximum atomic E-state index is 11.8. The number of nitrogens with one attached hydrogen (secondary N) is 1. The van der Waals surface area contributed by atoms with E-state index >= 15 is 0 Å². The molecule has 5 heteroatoms. The zero-order valence-corrected chi connectivity index (χ0v) is 10.7. The van der Waals surface area contributed by atoms with Crippen LogP contribution in [0.4, 0.5) is 0 Å². The normalized spacial score (nSPS) is 10.0. The second kappa shape index (κ2) is 6.47. The number of carboxylic acids is 1. The lowest BCUT2D eigenvalue weighted by molar-refractivity contribution is 0.0696. The van der Waals surface area contributed by atoms with Crippen LogP contribution in [-0.4, -0.2) is 28.5 Å². The molecule has 0 aliphatic carbocycles. The van der Waals surface area contributed by atoms with Gasteiger partial charge in [-0.25, -0.2) is 4.79 Å². The van der Waals surface area contributed by atoms with Gasteiger partial charge in [-0.05, 0) is 36.2 Å². The highest BCUT2D eigenvalue weighted by Gasteiger charge is 2.05. The summed E-state index contributed by atoms with van der Waals surface area (Å²) in [5, 5.41) is 11.7. The van der Waals surface area contributed by atoms with Crippen LogP contribution in [0.25, 0.3) is 0 Å². The number of amides is 1. The van der Waals surface area contributed by atoms with E-state index in [4.69, 9.17) is 5.11 Å². The van der Waals surface area contributed by atoms with E-state index in [-0.39, 0.29) is 11.5 Å². The first-order valence-electron chi connectivity index (χ1n) is 6.17. The van der Waals surface area contributed by atoms with Gasteiger partial charge in [0.1, 0.15) is 0 Å². The topological polar surface area (TPSA) is 79.3 Å². The van der Waals surface area contributed by atoms with Crippen molar-refractivity contribution < 1.29 is 14.7 Å². The molecule has 102 valence electrons. The molecule has 0 saturated heterocycles. The molecule has 0 aliphatic rings. The number of pyridine rings is 1. The van der Waals surface area contributed by atoms with Gasteiger partial charge in [0.05, 0.1) is 11.1 Å². The van der Waals surface area contributed by atoms with Crippen LogP contribution < -0.4 is 5.32 Å². The van der Waals surface area contributed by atoms with Gasteiger partial charge in [-0.15, -0.1) is 0 Å². The van der Waals surface area contributed by atoms with Gasteiger partial charge in [0.25, 0.3) is 5.91 Å². The largest absolute Gasteiger partial charge is 0.478 e. The zero-order chi connectivity index (χ0) is 14.4. The van der Waals surface area contributed by atoms with Crippen molar-refractivity contribution in [3.8, 4) is 0 Å². The predicted octanol–water partition coefficient (Wildman–Crippen LogP) is 1.75. The van der Waals surface area contributed by atoms with Crippen LogP contribution >= 0.6 is 0 Å². The summed E-state index contributed by atoms with van der Waals surface area (Å²) in [5.74, 6) is -1.14. The highest BCUT2D eigenvalue weighted by Crippen LogP contribution is 2.06. The minimum absolute atomic E-state index is 0.188. The molecular formula is C15H14N2O3. The first kappa shape index (κ1) is 13.7. The lowest BCUT2D eigenvalue weighted by atomic mass is 10.1. The van der Waals surface area contributed by atoms with Crippen LogP contribution in [0.15, 0.2) is 48.8 Å². The van der Waals surface area contributed by atoms with Crippen molar-refractivity contribution in [2.75, 3.05) is 6.54 Å². The Morgan fingerprint density at radius 1 is 1.15 bits per heavy atom. The number of carboxylic acid groups (broad SMARTS) is 1. The summed E-state index contributed by atoms with van der Waals surface area (Å²) in [4.78, 5) is 26.5. The van der Waals surface area contributed by atoms with Crippen molar-refractivity contribution in [2.24, 2.45) is 0 Å². The van der Waals surface area contributed by atoms with Gasteiger partial charge in [-0.2, -0.15) is 0 Å². The monoisotopic (exact) mass is 270 g/mol. The van der Waals surface area contributed by atoms with E-state index in [1.165, 1.54) is 6.20 Å². The number of carbonyl (C=O) groups excluding carboxylic acids is 1. The Hall–Kier alpha value is -2.69. The van der Waals surface area contributed by atoms with Crippen LogP contribution in [-0.2, 0) is 6.42 Å². The molecule has 0 bridgehead atoms. The third kappa shape index (κ3) is 3.65. The van der Waals surface area contributed by atoms with Gasteiger partial charge >= 0.3 is 5.97 Å². The van der Waals surface area contributed by atoms with E-state index in [1.54, 1.807) is 36.5 Å². The molecule has 0 saturated carbocycles. The third-order valence-electron chi connectivity index (χ3n) is 2.80. The summed E-state index contributed by atoms with van der Waals surface area (Å²) in [6.07, 6.45) is 3.68. The molecule has 0 unspecified atom stereocenters. The molecule has 0 spiro atoms. The van der Waals surface area contributed by atoms with Crippen LogP contribution in [0.1, 0.15) is 26.3 Å². The van der Waals surface area contributed by atoms with Gasteiger partial charge in [0, 0.05) is 18.9 Å². The molecule has 1 amide bonds. The summed E-state index contributed by atoms with van der Waals surface area (Å²) < 4.78 is 0. The number of rotatable bonds is 5. The van der Waals surface area contributed by atoms with Crippen molar-refractivity contribution in [2.45, 2.75) is 6.42 Å². The number of benzene rings is 1. The molecule has 0 radical (unpaired) electrons. The fourth-order valence-corrected chi connectivity index (χ4v) is 1.78. The van der Waals surface area contributed by atoms with Crippen LogP contribution in [0.3, 0.4) is 0 Å². The predicted molar refractivity (Wildman–Crippen MR) is 73.7 cm³/mol. The molecule has 1 heterocycles. The Kier molecular flexibility index (Phi) is 4.44. The summed E-state index contributed by atoms with van der Waals surface area (Å²) in [7, 11) is 0. The molecule has 0 fully saturated rings. The quantitative estimate of drug-likeness (QED) is 0.867. The Morgan fingerprint density at radius 3 is 2.65 bits per heavy atom. The highest BCUT2D eigenvalue weighted by atomic mass is 16.4.